The Balaban J connectivity index is 1.55. The first-order valence-corrected chi connectivity index (χ1v) is 18.7. The molecule has 0 aliphatic rings. The van der Waals surface area contributed by atoms with Crippen LogP contribution in [0, 0.1) is 41.5 Å². The van der Waals surface area contributed by atoms with Crippen LogP contribution in [0.3, 0.4) is 0 Å². The lowest BCUT2D eigenvalue weighted by molar-refractivity contribution is -0.687. The molecule has 4 nitrogen and oxygen atoms in total. The number of rotatable bonds is 8. The quantitative estimate of drug-likeness (QED) is 0.143. The standard InChI is InChI=1S/C47H58N4/c1-29(2)37-21-15-17-23-39(37)50-35(9)31(5)33(7)45(50)41-25-19-27-43(48(41)13)47(11,12)44-28-20-26-42(49(44)14)46-34(8)32(6)36(10)51(46)40-24-18-16-22-38(40)30(3)4/h15-30H,1-14H3/q+2. The molecule has 0 spiro atoms. The highest BCUT2D eigenvalue weighted by Crippen LogP contribution is 2.38. The number of nitrogens with zero attached hydrogens (tertiary/aromatic N) is 4. The molecule has 4 heteroatoms. The zero-order valence-electron chi connectivity index (χ0n) is 33.5. The highest BCUT2D eigenvalue weighted by molar-refractivity contribution is 5.68. The van der Waals surface area contributed by atoms with Crippen LogP contribution in [0.1, 0.15) is 110 Å². The van der Waals surface area contributed by atoms with Crippen molar-refractivity contribution in [1.82, 2.24) is 9.13 Å². The first-order valence-electron chi connectivity index (χ1n) is 18.7. The lowest BCUT2D eigenvalue weighted by Crippen LogP contribution is -2.49. The molecule has 0 saturated carbocycles. The van der Waals surface area contributed by atoms with Crippen LogP contribution in [-0.2, 0) is 19.5 Å². The van der Waals surface area contributed by atoms with Crippen molar-refractivity contribution in [2.75, 3.05) is 0 Å². The zero-order valence-corrected chi connectivity index (χ0v) is 33.5. The molecule has 0 N–H and O–H groups in total. The van der Waals surface area contributed by atoms with Gasteiger partial charge < -0.3 is 9.13 Å². The summed E-state index contributed by atoms with van der Waals surface area (Å²) in [7, 11) is 4.49. The van der Waals surface area contributed by atoms with Gasteiger partial charge in [-0.25, -0.2) is 0 Å². The van der Waals surface area contributed by atoms with E-state index in [9.17, 15) is 0 Å². The number of para-hydroxylation sites is 2. The Kier molecular flexibility index (Phi) is 9.52. The average Bonchev–Trinajstić information content (AvgIpc) is 3.46. The monoisotopic (exact) mass is 678 g/mol. The fourth-order valence-corrected chi connectivity index (χ4v) is 8.51. The van der Waals surface area contributed by atoms with Crippen LogP contribution in [0.4, 0.5) is 0 Å². The SMILES string of the molecule is Cc1c(C)c(-c2cccc(C(C)(C)c3cccc(-c4c(C)c(C)c(C)n4-c4ccccc4C(C)C)[n+]3C)[n+]2C)n(-c2ccccc2C(C)C)c1C. The van der Waals surface area contributed by atoms with Crippen molar-refractivity contribution in [3.63, 3.8) is 0 Å². The molecule has 0 atom stereocenters. The summed E-state index contributed by atoms with van der Waals surface area (Å²) in [4.78, 5) is 0. The van der Waals surface area contributed by atoms with Crippen LogP contribution in [0.5, 0.6) is 0 Å². The number of pyridine rings is 2. The highest BCUT2D eigenvalue weighted by Gasteiger charge is 2.41. The lowest BCUT2D eigenvalue weighted by atomic mass is 9.83. The number of hydrogen-bond donors (Lipinski definition) is 0. The molecule has 0 aliphatic heterocycles. The normalized spacial score (nSPS) is 12.1. The molecular formula is C47H58N4+2. The summed E-state index contributed by atoms with van der Waals surface area (Å²) in [5, 5.41) is 0. The van der Waals surface area contributed by atoms with Gasteiger partial charge in [-0.05, 0) is 125 Å². The van der Waals surface area contributed by atoms with E-state index in [0.717, 1.165) is 0 Å². The van der Waals surface area contributed by atoms with Crippen LogP contribution < -0.4 is 9.13 Å². The Morgan fingerprint density at radius 3 is 1.18 bits per heavy atom. The molecule has 264 valence electrons. The Morgan fingerprint density at radius 1 is 0.471 bits per heavy atom. The van der Waals surface area contributed by atoms with Gasteiger partial charge in [0.15, 0.2) is 11.4 Å². The molecule has 6 aromatic rings. The Morgan fingerprint density at radius 2 is 0.824 bits per heavy atom. The van der Waals surface area contributed by atoms with E-state index >= 15 is 0 Å². The Bertz CT molecular complexity index is 2110. The molecule has 51 heavy (non-hydrogen) atoms. The predicted molar refractivity (Wildman–Crippen MR) is 213 cm³/mol. The second-order valence-electron chi connectivity index (χ2n) is 15.8. The second kappa shape index (κ2) is 13.5. The van der Waals surface area contributed by atoms with E-state index in [4.69, 9.17) is 0 Å². The van der Waals surface area contributed by atoms with Gasteiger partial charge in [0.05, 0.1) is 0 Å². The van der Waals surface area contributed by atoms with Crippen LogP contribution in [0.25, 0.3) is 34.2 Å². The van der Waals surface area contributed by atoms with E-state index in [2.05, 4.69) is 200 Å². The van der Waals surface area contributed by atoms with Gasteiger partial charge in [0.25, 0.3) is 0 Å². The third-order valence-electron chi connectivity index (χ3n) is 11.9. The third-order valence-corrected chi connectivity index (χ3v) is 11.9. The number of aromatic nitrogens is 4. The Hall–Kier alpha value is -4.70. The minimum atomic E-state index is -0.313. The van der Waals surface area contributed by atoms with Gasteiger partial charge in [-0.15, -0.1) is 0 Å². The molecule has 0 radical (unpaired) electrons. The van der Waals surface area contributed by atoms with Crippen molar-refractivity contribution in [3.05, 3.63) is 141 Å². The predicted octanol–water partition coefficient (Wildman–Crippen LogP) is 10.7. The lowest BCUT2D eigenvalue weighted by Gasteiger charge is -2.23. The summed E-state index contributed by atoms with van der Waals surface area (Å²) < 4.78 is 9.87. The van der Waals surface area contributed by atoms with Crippen molar-refractivity contribution in [2.24, 2.45) is 14.1 Å². The molecule has 2 aromatic carbocycles. The van der Waals surface area contributed by atoms with Gasteiger partial charge >= 0.3 is 0 Å². The molecule has 0 amide bonds. The van der Waals surface area contributed by atoms with Crippen LogP contribution in [0.15, 0.2) is 84.9 Å². The van der Waals surface area contributed by atoms with Gasteiger partial charge in [0.1, 0.15) is 30.9 Å². The summed E-state index contributed by atoms with van der Waals surface area (Å²) >= 11 is 0. The molecule has 0 saturated heterocycles. The van der Waals surface area contributed by atoms with E-state index in [-0.39, 0.29) is 5.41 Å². The van der Waals surface area contributed by atoms with E-state index < -0.39 is 0 Å². The van der Waals surface area contributed by atoms with Crippen molar-refractivity contribution in [2.45, 2.75) is 100 Å². The van der Waals surface area contributed by atoms with Crippen LogP contribution in [0.2, 0.25) is 0 Å². The average molecular weight is 679 g/mol. The number of benzene rings is 2. The Labute approximate surface area is 307 Å². The summed E-state index contributed by atoms with van der Waals surface area (Å²) in [6.07, 6.45) is 0. The van der Waals surface area contributed by atoms with Gasteiger partial charge in [0, 0.05) is 47.0 Å². The second-order valence-corrected chi connectivity index (χ2v) is 15.8. The van der Waals surface area contributed by atoms with Gasteiger partial charge in [-0.3, -0.25) is 0 Å². The van der Waals surface area contributed by atoms with Gasteiger partial charge in [0.2, 0.25) is 11.4 Å². The smallest absolute Gasteiger partial charge is 0.229 e. The molecule has 0 fully saturated rings. The topological polar surface area (TPSA) is 17.6 Å². The number of hydrogen-bond acceptors (Lipinski definition) is 0. The third kappa shape index (κ3) is 5.77. The largest absolute Gasteiger partial charge is 0.308 e. The summed E-state index contributed by atoms with van der Waals surface area (Å²) in [6.45, 7) is 27.5. The molecule has 0 aliphatic carbocycles. The van der Waals surface area contributed by atoms with E-state index in [1.54, 1.807) is 0 Å². The molecule has 0 bridgehead atoms. The fraction of sp³-hybridized carbons (Fsp3) is 0.362. The van der Waals surface area contributed by atoms with Crippen molar-refractivity contribution in [1.29, 1.82) is 0 Å². The van der Waals surface area contributed by atoms with E-state index in [1.165, 1.54) is 90.3 Å². The first-order chi connectivity index (χ1) is 24.1. The van der Waals surface area contributed by atoms with E-state index in [1.807, 2.05) is 0 Å². The molecule has 4 heterocycles. The van der Waals surface area contributed by atoms with Crippen molar-refractivity contribution in [3.8, 4) is 34.2 Å². The maximum absolute atomic E-state index is 2.50. The fourth-order valence-electron chi connectivity index (χ4n) is 8.51. The zero-order chi connectivity index (χ0) is 37.1. The molecule has 6 rings (SSSR count). The van der Waals surface area contributed by atoms with Gasteiger partial charge in [-0.2, -0.15) is 9.13 Å². The summed E-state index contributed by atoms with van der Waals surface area (Å²) in [5.74, 6) is 0.831. The van der Waals surface area contributed by atoms with Crippen LogP contribution in [-0.4, -0.2) is 9.13 Å². The maximum atomic E-state index is 2.50. The minimum absolute atomic E-state index is 0.313. The molecule has 4 aromatic heterocycles. The van der Waals surface area contributed by atoms with E-state index in [0.29, 0.717) is 11.8 Å². The van der Waals surface area contributed by atoms with Crippen molar-refractivity contribution < 1.29 is 9.13 Å². The summed E-state index contributed by atoms with van der Waals surface area (Å²) in [5.41, 5.74) is 20.4. The molecule has 0 unspecified atom stereocenters. The summed E-state index contributed by atoms with van der Waals surface area (Å²) in [6, 6.07) is 31.5. The molecular weight excluding hydrogens is 621 g/mol. The highest BCUT2D eigenvalue weighted by atomic mass is 15.1. The first kappa shape index (κ1) is 36.1. The minimum Gasteiger partial charge on any atom is -0.308 e. The van der Waals surface area contributed by atoms with Gasteiger partial charge in [-0.1, -0.05) is 64.1 Å². The van der Waals surface area contributed by atoms with Crippen LogP contribution >= 0.6 is 0 Å². The van der Waals surface area contributed by atoms with Crippen molar-refractivity contribution >= 4 is 0 Å². The maximum Gasteiger partial charge on any atom is 0.229 e.